The Morgan fingerprint density at radius 2 is 2.12 bits per heavy atom. The Morgan fingerprint density at radius 3 is 2.92 bits per heavy atom. The molecule has 3 rings (SSSR count). The van der Waals surface area contributed by atoms with Crippen LogP contribution in [0.5, 0.6) is 0 Å². The number of carbonyl (C=O) groups excluding carboxylic acids is 1. The number of hydrogen-bond donors (Lipinski definition) is 1. The quantitative estimate of drug-likeness (QED) is 0.764. The average Bonchev–Trinajstić information content (AvgIpc) is 3.12. The highest BCUT2D eigenvalue weighted by Crippen LogP contribution is 2.15. The van der Waals surface area contributed by atoms with Gasteiger partial charge in [0.25, 0.3) is 5.91 Å². The molecule has 3 aromatic heterocycles. The van der Waals surface area contributed by atoms with Gasteiger partial charge in [-0.3, -0.25) is 4.79 Å². The van der Waals surface area contributed by atoms with Crippen molar-refractivity contribution in [1.29, 1.82) is 0 Å². The maximum atomic E-state index is 12.2. The maximum Gasteiger partial charge on any atom is 0.411 e. The van der Waals surface area contributed by atoms with Crippen LogP contribution in [0, 0.1) is 0 Å². The number of nitrogens with one attached hydrogen (secondary N) is 1. The molecule has 1 N–H and O–H groups in total. The van der Waals surface area contributed by atoms with Crippen LogP contribution in [-0.4, -0.2) is 43.1 Å². The Kier molecular flexibility index (Phi) is 4.16. The van der Waals surface area contributed by atoms with Crippen LogP contribution in [-0.2, 0) is 11.5 Å². The minimum atomic E-state index is -4.40. The van der Waals surface area contributed by atoms with Crippen molar-refractivity contribution in [1.82, 2.24) is 24.4 Å². The molecule has 0 aliphatic heterocycles. The van der Waals surface area contributed by atoms with Gasteiger partial charge in [0.15, 0.2) is 5.65 Å². The molecule has 0 unspecified atom stereocenters. The number of ether oxygens (including phenoxy) is 1. The van der Waals surface area contributed by atoms with E-state index in [2.05, 4.69) is 25.2 Å². The highest BCUT2D eigenvalue weighted by Gasteiger charge is 2.27. The molecule has 0 aliphatic rings. The van der Waals surface area contributed by atoms with Crippen molar-refractivity contribution in [2.24, 2.45) is 0 Å². The number of amides is 1. The molecule has 11 heteroatoms. The zero-order valence-corrected chi connectivity index (χ0v) is 12.1. The van der Waals surface area contributed by atoms with Gasteiger partial charge in [0.2, 0.25) is 0 Å². The third-order valence-electron chi connectivity index (χ3n) is 2.90. The summed E-state index contributed by atoms with van der Waals surface area (Å²) < 4.78 is 43.0. The summed E-state index contributed by atoms with van der Waals surface area (Å²) in [6.07, 6.45) is 2.80. The fraction of sp³-hybridized carbons (Fsp3) is 0.231. The molecule has 126 valence electrons. The summed E-state index contributed by atoms with van der Waals surface area (Å²) in [5.41, 5.74) is 0.957. The molecular formula is C13H11F3N6O2. The van der Waals surface area contributed by atoms with Crippen molar-refractivity contribution in [2.75, 3.05) is 11.9 Å². The Bertz CT molecular complexity index is 857. The van der Waals surface area contributed by atoms with Gasteiger partial charge >= 0.3 is 6.18 Å². The molecule has 3 aromatic rings. The number of nitrogens with zero attached hydrogens (tertiary/aromatic N) is 5. The molecule has 0 aromatic carbocycles. The van der Waals surface area contributed by atoms with E-state index >= 15 is 0 Å². The van der Waals surface area contributed by atoms with E-state index in [1.807, 2.05) is 0 Å². The number of aromatic nitrogens is 5. The topological polar surface area (TPSA) is 86.3 Å². The SMILES string of the molecule is O=C(Nc1cnn(COCC(F)(F)F)c1)c1cnn2cccnc12. The van der Waals surface area contributed by atoms with E-state index in [9.17, 15) is 18.0 Å². The number of carbonyl (C=O) groups is 1. The maximum absolute atomic E-state index is 12.2. The lowest BCUT2D eigenvalue weighted by molar-refractivity contribution is -0.182. The molecule has 0 bridgehead atoms. The van der Waals surface area contributed by atoms with Crippen LogP contribution in [0.25, 0.3) is 5.65 Å². The van der Waals surface area contributed by atoms with Crippen molar-refractivity contribution < 1.29 is 22.7 Å². The van der Waals surface area contributed by atoms with Gasteiger partial charge in [-0.15, -0.1) is 0 Å². The molecule has 0 radical (unpaired) electrons. The van der Waals surface area contributed by atoms with Crippen LogP contribution in [0.4, 0.5) is 18.9 Å². The van der Waals surface area contributed by atoms with Gasteiger partial charge in [0.1, 0.15) is 18.9 Å². The van der Waals surface area contributed by atoms with E-state index in [1.165, 1.54) is 29.3 Å². The number of alkyl halides is 3. The lowest BCUT2D eigenvalue weighted by Gasteiger charge is -2.07. The van der Waals surface area contributed by atoms with Crippen LogP contribution in [0.15, 0.2) is 37.1 Å². The molecule has 8 nitrogen and oxygen atoms in total. The standard InChI is InChI=1S/C13H11F3N6O2/c14-13(15,16)7-24-8-21-6-9(4-18-21)20-12(23)10-5-19-22-3-1-2-17-11(10)22/h1-6H,7-8H2,(H,20,23). The van der Waals surface area contributed by atoms with E-state index < -0.39 is 18.7 Å². The van der Waals surface area contributed by atoms with Gasteiger partial charge < -0.3 is 10.1 Å². The number of rotatable bonds is 5. The first-order chi connectivity index (χ1) is 11.4. The number of halogens is 3. The zero-order valence-electron chi connectivity index (χ0n) is 12.1. The Labute approximate surface area is 132 Å². The summed E-state index contributed by atoms with van der Waals surface area (Å²) in [7, 11) is 0. The van der Waals surface area contributed by atoms with Gasteiger partial charge in [-0.2, -0.15) is 23.4 Å². The number of hydrogen-bond acceptors (Lipinski definition) is 5. The molecule has 0 saturated carbocycles. The fourth-order valence-electron chi connectivity index (χ4n) is 1.94. The molecular weight excluding hydrogens is 329 g/mol. The number of anilines is 1. The average molecular weight is 340 g/mol. The highest BCUT2D eigenvalue weighted by molar-refractivity contribution is 6.07. The third kappa shape index (κ3) is 3.68. The smallest absolute Gasteiger partial charge is 0.350 e. The fourth-order valence-corrected chi connectivity index (χ4v) is 1.94. The van der Waals surface area contributed by atoms with E-state index in [1.54, 1.807) is 12.3 Å². The van der Waals surface area contributed by atoms with Gasteiger partial charge in [-0.1, -0.05) is 0 Å². The monoisotopic (exact) mass is 340 g/mol. The summed E-state index contributed by atoms with van der Waals surface area (Å²) in [4.78, 5) is 16.3. The van der Waals surface area contributed by atoms with E-state index in [0.29, 0.717) is 11.3 Å². The summed E-state index contributed by atoms with van der Waals surface area (Å²) >= 11 is 0. The number of fused-ring (bicyclic) bond motifs is 1. The van der Waals surface area contributed by atoms with Crippen molar-refractivity contribution in [3.63, 3.8) is 0 Å². The van der Waals surface area contributed by atoms with Crippen molar-refractivity contribution in [3.05, 3.63) is 42.6 Å². The lowest BCUT2D eigenvalue weighted by Crippen LogP contribution is -2.18. The first-order valence-electron chi connectivity index (χ1n) is 6.69. The van der Waals surface area contributed by atoms with E-state index in [4.69, 9.17) is 0 Å². The van der Waals surface area contributed by atoms with Crippen LogP contribution in [0.1, 0.15) is 10.4 Å². The largest absolute Gasteiger partial charge is 0.411 e. The second kappa shape index (κ2) is 6.28. The lowest BCUT2D eigenvalue weighted by atomic mass is 10.3. The van der Waals surface area contributed by atoms with Gasteiger partial charge in [0, 0.05) is 12.4 Å². The minimum absolute atomic E-state index is 0.261. The Morgan fingerprint density at radius 1 is 1.29 bits per heavy atom. The normalized spacial score (nSPS) is 11.8. The van der Waals surface area contributed by atoms with Crippen LogP contribution in [0.3, 0.4) is 0 Å². The van der Waals surface area contributed by atoms with Gasteiger partial charge in [-0.25, -0.2) is 14.2 Å². The van der Waals surface area contributed by atoms with Crippen molar-refractivity contribution in [3.8, 4) is 0 Å². The van der Waals surface area contributed by atoms with Crippen LogP contribution in [0.2, 0.25) is 0 Å². The van der Waals surface area contributed by atoms with E-state index in [-0.39, 0.29) is 12.3 Å². The second-order valence-electron chi connectivity index (χ2n) is 4.76. The predicted octanol–water partition coefficient (Wildman–Crippen LogP) is 1.71. The van der Waals surface area contributed by atoms with Gasteiger partial charge in [0.05, 0.1) is 24.3 Å². The summed E-state index contributed by atoms with van der Waals surface area (Å²) in [5.74, 6) is -0.459. The van der Waals surface area contributed by atoms with Crippen LogP contribution >= 0.6 is 0 Å². The molecule has 1 amide bonds. The molecule has 3 heterocycles. The summed E-state index contributed by atoms with van der Waals surface area (Å²) in [5, 5.41) is 10.4. The Hall–Kier alpha value is -2.95. The zero-order chi connectivity index (χ0) is 17.2. The van der Waals surface area contributed by atoms with E-state index in [0.717, 1.165) is 4.68 Å². The minimum Gasteiger partial charge on any atom is -0.350 e. The highest BCUT2D eigenvalue weighted by atomic mass is 19.4. The van der Waals surface area contributed by atoms with Crippen LogP contribution < -0.4 is 5.32 Å². The molecule has 0 atom stereocenters. The predicted molar refractivity (Wildman–Crippen MR) is 75.2 cm³/mol. The summed E-state index contributed by atoms with van der Waals surface area (Å²) in [6, 6.07) is 1.67. The first kappa shape index (κ1) is 15.9. The first-order valence-corrected chi connectivity index (χ1v) is 6.69. The summed E-state index contributed by atoms with van der Waals surface area (Å²) in [6.45, 7) is -1.75. The molecule has 0 aliphatic carbocycles. The van der Waals surface area contributed by atoms with Crippen molar-refractivity contribution in [2.45, 2.75) is 12.9 Å². The van der Waals surface area contributed by atoms with Gasteiger partial charge in [-0.05, 0) is 6.07 Å². The third-order valence-corrected chi connectivity index (χ3v) is 2.90. The molecule has 0 saturated heterocycles. The molecule has 0 spiro atoms. The van der Waals surface area contributed by atoms with Crippen molar-refractivity contribution >= 4 is 17.2 Å². The second-order valence-corrected chi connectivity index (χ2v) is 4.76. The Balaban J connectivity index is 1.63. The molecule has 0 fully saturated rings. The molecule has 24 heavy (non-hydrogen) atoms.